The number of aliphatic hydroxyl groups is 1. The lowest BCUT2D eigenvalue weighted by Crippen LogP contribution is -2.34. The van der Waals surface area contributed by atoms with Gasteiger partial charge in [-0.15, -0.1) is 0 Å². The Kier molecular flexibility index (Phi) is 43.2. The van der Waals surface area contributed by atoms with Gasteiger partial charge in [-0.25, -0.2) is 0 Å². The van der Waals surface area contributed by atoms with Crippen molar-refractivity contribution in [1.29, 1.82) is 5.26 Å². The smallest absolute Gasteiger partial charge is 0.306 e. The van der Waals surface area contributed by atoms with Crippen LogP contribution >= 0.6 is 0 Å². The van der Waals surface area contributed by atoms with Gasteiger partial charge in [0.15, 0.2) is 12.5 Å². The van der Waals surface area contributed by atoms with Crippen molar-refractivity contribution in [2.24, 2.45) is 4.99 Å². The van der Waals surface area contributed by atoms with Crippen LogP contribution in [0.15, 0.2) is 4.99 Å². The predicted molar refractivity (Wildman–Crippen MR) is 247 cm³/mol. The highest BCUT2D eigenvalue weighted by Crippen LogP contribution is 2.19. The Labute approximate surface area is 360 Å². The van der Waals surface area contributed by atoms with Crippen molar-refractivity contribution in [2.45, 2.75) is 251 Å². The SMILES string of the molecule is CCCCCCCCCOC(O)CCCCCCCN(CCCCCCCC(=O)OC(CCCCCCCC)CCCCCCCC)CCCN=C(NC#N)N(C)C. The standard InChI is InChI=1S/C49H97N5O4/c1-6-9-12-15-18-27-34-44-57-47(55)38-30-23-19-25-32-41-54(43-35-40-51-49(52-45-50)53(4)5)42-33-26-20-24-31-39-48(56)58-46(36-28-21-16-13-10-7-2)37-29-22-17-14-11-8-3/h46-47,55H,6-44H2,1-5H3,(H,51,52). The minimum absolute atomic E-state index is 0.0153. The lowest BCUT2D eigenvalue weighted by molar-refractivity contribution is -0.150. The Balaban J connectivity index is 4.50. The summed E-state index contributed by atoms with van der Waals surface area (Å²) in [6, 6.07) is 0. The van der Waals surface area contributed by atoms with Crippen LogP contribution in [-0.4, -0.2) is 86.1 Å². The molecule has 0 saturated heterocycles. The summed E-state index contributed by atoms with van der Waals surface area (Å²) in [6.07, 6.45) is 41.2. The number of aliphatic imine (C=N–C) groups is 1. The van der Waals surface area contributed by atoms with Crippen molar-refractivity contribution in [3.8, 4) is 6.19 Å². The molecule has 342 valence electrons. The largest absolute Gasteiger partial charge is 0.462 e. The van der Waals surface area contributed by atoms with Crippen LogP contribution in [0.1, 0.15) is 239 Å². The molecule has 0 aliphatic carbocycles. The zero-order chi connectivity index (χ0) is 42.6. The normalized spacial score (nSPS) is 12.4. The minimum Gasteiger partial charge on any atom is -0.462 e. The molecule has 0 saturated carbocycles. The summed E-state index contributed by atoms with van der Waals surface area (Å²) < 4.78 is 11.7. The molecule has 1 unspecified atom stereocenters. The van der Waals surface area contributed by atoms with E-state index in [4.69, 9.17) is 14.7 Å². The van der Waals surface area contributed by atoms with E-state index in [0.717, 1.165) is 83.8 Å². The number of nitrogens with zero attached hydrogens (tertiary/aromatic N) is 4. The Morgan fingerprint density at radius 3 is 1.53 bits per heavy atom. The van der Waals surface area contributed by atoms with E-state index in [0.29, 0.717) is 25.5 Å². The van der Waals surface area contributed by atoms with E-state index in [1.54, 1.807) is 0 Å². The molecule has 58 heavy (non-hydrogen) atoms. The van der Waals surface area contributed by atoms with Gasteiger partial charge in [-0.1, -0.05) is 162 Å². The predicted octanol–water partition coefficient (Wildman–Crippen LogP) is 12.8. The molecule has 0 heterocycles. The molecular formula is C49H97N5O4. The molecule has 0 fully saturated rings. The number of hydrogen-bond donors (Lipinski definition) is 2. The second kappa shape index (κ2) is 44.7. The molecular weight excluding hydrogens is 723 g/mol. The molecule has 0 aromatic heterocycles. The van der Waals surface area contributed by atoms with Crippen LogP contribution in [0, 0.1) is 11.5 Å². The average Bonchev–Trinajstić information content (AvgIpc) is 3.21. The van der Waals surface area contributed by atoms with Crippen molar-refractivity contribution in [3.05, 3.63) is 0 Å². The van der Waals surface area contributed by atoms with E-state index in [2.05, 4.69) is 36.0 Å². The third-order valence-electron chi connectivity index (χ3n) is 11.4. The molecule has 1 atom stereocenters. The molecule has 2 N–H and O–H groups in total. The van der Waals surface area contributed by atoms with E-state index < -0.39 is 6.29 Å². The molecule has 0 bridgehead atoms. The zero-order valence-corrected chi connectivity index (χ0v) is 39.2. The summed E-state index contributed by atoms with van der Waals surface area (Å²) in [4.78, 5) is 21.9. The molecule has 0 spiro atoms. The summed E-state index contributed by atoms with van der Waals surface area (Å²) in [7, 11) is 3.80. The van der Waals surface area contributed by atoms with Gasteiger partial charge in [0.25, 0.3) is 0 Å². The summed E-state index contributed by atoms with van der Waals surface area (Å²) in [5.41, 5.74) is 0. The number of esters is 1. The molecule has 0 aromatic rings. The van der Waals surface area contributed by atoms with Gasteiger partial charge in [-0.2, -0.15) is 5.26 Å². The van der Waals surface area contributed by atoms with Gasteiger partial charge in [0, 0.05) is 33.7 Å². The number of ether oxygens (including phenoxy) is 2. The minimum atomic E-state index is -0.616. The number of nitrogens with one attached hydrogen (secondary N) is 1. The molecule has 9 nitrogen and oxygen atoms in total. The fourth-order valence-corrected chi connectivity index (χ4v) is 7.65. The Bertz CT molecular complexity index is 927. The maximum absolute atomic E-state index is 12.8. The highest BCUT2D eigenvalue weighted by molar-refractivity contribution is 5.80. The van der Waals surface area contributed by atoms with Crippen molar-refractivity contribution in [1.82, 2.24) is 15.1 Å². The number of rotatable bonds is 44. The van der Waals surface area contributed by atoms with E-state index in [1.165, 1.54) is 148 Å². The second-order valence-corrected chi connectivity index (χ2v) is 17.3. The van der Waals surface area contributed by atoms with Gasteiger partial charge in [0.1, 0.15) is 6.10 Å². The molecule has 0 aliphatic rings. The number of carbonyl (C=O) groups is 1. The van der Waals surface area contributed by atoms with Crippen molar-refractivity contribution in [3.63, 3.8) is 0 Å². The van der Waals surface area contributed by atoms with Crippen LogP contribution < -0.4 is 5.32 Å². The van der Waals surface area contributed by atoms with Gasteiger partial charge in [-0.05, 0) is 90.3 Å². The topological polar surface area (TPSA) is 110 Å². The van der Waals surface area contributed by atoms with Gasteiger partial charge >= 0.3 is 5.97 Å². The van der Waals surface area contributed by atoms with Gasteiger partial charge in [0.05, 0.1) is 0 Å². The zero-order valence-electron chi connectivity index (χ0n) is 39.2. The molecule has 9 heteroatoms. The van der Waals surface area contributed by atoms with Crippen LogP contribution in [0.25, 0.3) is 0 Å². The summed E-state index contributed by atoms with van der Waals surface area (Å²) in [6.45, 7) is 11.3. The first-order valence-electron chi connectivity index (χ1n) is 25.0. The fraction of sp³-hybridized carbons (Fsp3) is 0.939. The van der Waals surface area contributed by atoms with Crippen LogP contribution in [-0.2, 0) is 14.3 Å². The Morgan fingerprint density at radius 1 is 0.603 bits per heavy atom. The number of unbranched alkanes of at least 4 members (excludes halogenated alkanes) is 24. The van der Waals surface area contributed by atoms with Gasteiger partial charge in [-0.3, -0.25) is 15.1 Å². The number of aliphatic hydroxyl groups excluding tert-OH is 1. The first kappa shape index (κ1) is 56.1. The lowest BCUT2D eigenvalue weighted by Gasteiger charge is -2.22. The van der Waals surface area contributed by atoms with Gasteiger partial charge < -0.3 is 24.4 Å². The van der Waals surface area contributed by atoms with Crippen LogP contribution in [0.4, 0.5) is 0 Å². The third kappa shape index (κ3) is 39.6. The molecule has 0 aromatic carbocycles. The summed E-state index contributed by atoms with van der Waals surface area (Å²) in [5, 5.41) is 21.9. The van der Waals surface area contributed by atoms with Gasteiger partial charge in [0.2, 0.25) is 5.96 Å². The maximum Gasteiger partial charge on any atom is 0.306 e. The highest BCUT2D eigenvalue weighted by Gasteiger charge is 2.14. The lowest BCUT2D eigenvalue weighted by atomic mass is 10.0. The van der Waals surface area contributed by atoms with E-state index >= 15 is 0 Å². The number of nitriles is 1. The Morgan fingerprint density at radius 2 is 1.03 bits per heavy atom. The monoisotopic (exact) mass is 820 g/mol. The molecule has 0 rings (SSSR count). The van der Waals surface area contributed by atoms with E-state index in [1.807, 2.05) is 25.2 Å². The van der Waals surface area contributed by atoms with Crippen molar-refractivity contribution < 1.29 is 19.4 Å². The van der Waals surface area contributed by atoms with E-state index in [-0.39, 0.29) is 12.1 Å². The van der Waals surface area contributed by atoms with Crippen molar-refractivity contribution in [2.75, 3.05) is 46.9 Å². The summed E-state index contributed by atoms with van der Waals surface area (Å²) >= 11 is 0. The average molecular weight is 820 g/mol. The first-order valence-corrected chi connectivity index (χ1v) is 25.0. The molecule has 0 amide bonds. The van der Waals surface area contributed by atoms with E-state index in [9.17, 15) is 9.90 Å². The fourth-order valence-electron chi connectivity index (χ4n) is 7.65. The molecule has 0 radical (unpaired) electrons. The molecule has 0 aliphatic heterocycles. The number of hydrogen-bond acceptors (Lipinski definition) is 7. The maximum atomic E-state index is 12.8. The third-order valence-corrected chi connectivity index (χ3v) is 11.4. The summed E-state index contributed by atoms with van der Waals surface area (Å²) in [5.74, 6) is 0.624. The highest BCUT2D eigenvalue weighted by atomic mass is 16.6. The number of carbonyl (C=O) groups excluding carboxylic acids is 1. The Hall–Kier alpha value is -1.89. The first-order chi connectivity index (χ1) is 28.4. The quantitative estimate of drug-likeness (QED) is 0.0119. The van der Waals surface area contributed by atoms with Crippen LogP contribution in [0.3, 0.4) is 0 Å². The van der Waals surface area contributed by atoms with Crippen molar-refractivity contribution >= 4 is 11.9 Å². The van der Waals surface area contributed by atoms with Crippen LogP contribution in [0.2, 0.25) is 0 Å². The second-order valence-electron chi connectivity index (χ2n) is 17.3. The van der Waals surface area contributed by atoms with Crippen LogP contribution in [0.5, 0.6) is 0 Å². The number of guanidine groups is 1.